The summed E-state index contributed by atoms with van der Waals surface area (Å²) in [7, 11) is 0. The molecule has 0 unspecified atom stereocenters. The van der Waals surface area contributed by atoms with Crippen LogP contribution in [0.15, 0.2) is 105 Å². The molecule has 4 N–H and O–H groups in total. The van der Waals surface area contributed by atoms with Gasteiger partial charge in [-0.2, -0.15) is 36.3 Å². The molecule has 2 aromatic carbocycles. The number of aromatic nitrogens is 8. The first kappa shape index (κ1) is 51.0. The second-order valence-electron chi connectivity index (χ2n) is 15.8. The number of halogens is 8. The van der Waals surface area contributed by atoms with Gasteiger partial charge in [-0.1, -0.05) is 38.0 Å². The normalized spacial score (nSPS) is 11.8. The maximum atomic E-state index is 13.2. The van der Waals surface area contributed by atoms with Gasteiger partial charge < -0.3 is 25.2 Å². The summed E-state index contributed by atoms with van der Waals surface area (Å²) in [5.74, 6) is -5.99. The summed E-state index contributed by atoms with van der Waals surface area (Å²) in [6, 6.07) is 14.8. The SMILES string of the molecule is CC(C)(CN)c1csc(-c2ccc(F)cc2)n1.CC(C)(CNC(=O)c1cncc(-c2noc(C(F)(F)F)n2)c1)c1csc(-c2ccc(F)cc2)n1.O=C(O)c1cncc(-c2noc(C(F)(F)F)n2)c1. The van der Waals surface area contributed by atoms with Crippen LogP contribution in [0, 0.1) is 11.6 Å². The zero-order valence-electron chi connectivity index (χ0n) is 36.2. The van der Waals surface area contributed by atoms with Gasteiger partial charge in [-0.3, -0.25) is 14.8 Å². The highest BCUT2D eigenvalue weighted by Crippen LogP contribution is 2.33. The number of rotatable bonds is 11. The van der Waals surface area contributed by atoms with Crippen molar-refractivity contribution in [2.45, 2.75) is 50.9 Å². The van der Waals surface area contributed by atoms with E-state index >= 15 is 0 Å². The number of benzene rings is 2. The van der Waals surface area contributed by atoms with E-state index in [-0.39, 0.29) is 57.5 Å². The van der Waals surface area contributed by atoms with Gasteiger partial charge in [-0.15, -0.1) is 22.7 Å². The minimum Gasteiger partial charge on any atom is -0.478 e. The van der Waals surface area contributed by atoms with E-state index in [2.05, 4.69) is 68.4 Å². The number of hydrogen-bond acceptors (Lipinski definition) is 15. The molecule has 0 atom stereocenters. The van der Waals surface area contributed by atoms with E-state index in [9.17, 15) is 44.7 Å². The van der Waals surface area contributed by atoms with Crippen molar-refractivity contribution < 1.29 is 58.9 Å². The Hall–Kier alpha value is -7.38. The van der Waals surface area contributed by atoms with E-state index in [0.717, 1.165) is 51.0 Å². The van der Waals surface area contributed by atoms with Crippen molar-refractivity contribution in [1.82, 2.24) is 45.5 Å². The second kappa shape index (κ2) is 20.9. The van der Waals surface area contributed by atoms with Crippen LogP contribution in [0.3, 0.4) is 0 Å². The predicted molar refractivity (Wildman–Crippen MR) is 234 cm³/mol. The molecule has 15 nitrogen and oxygen atoms in total. The molecule has 6 aromatic heterocycles. The van der Waals surface area contributed by atoms with Crippen molar-refractivity contribution in [3.8, 4) is 43.9 Å². The maximum Gasteiger partial charge on any atom is 0.471 e. The largest absolute Gasteiger partial charge is 0.478 e. The molecule has 0 aliphatic heterocycles. The summed E-state index contributed by atoms with van der Waals surface area (Å²) in [5, 5.41) is 23.4. The van der Waals surface area contributed by atoms with Crippen molar-refractivity contribution in [2.75, 3.05) is 13.1 Å². The number of carbonyl (C=O) groups excluding carboxylic acids is 1. The Morgan fingerprint density at radius 1 is 0.623 bits per heavy atom. The van der Waals surface area contributed by atoms with Gasteiger partial charge in [0.05, 0.1) is 22.5 Å². The van der Waals surface area contributed by atoms with Crippen molar-refractivity contribution in [3.05, 3.63) is 142 Å². The number of nitrogens with zero attached hydrogens (tertiary/aromatic N) is 8. The lowest BCUT2D eigenvalue weighted by molar-refractivity contribution is -0.160. The molecule has 8 aromatic rings. The number of carboxylic acid groups (broad SMARTS) is 1. The fourth-order valence-corrected chi connectivity index (χ4v) is 7.53. The van der Waals surface area contributed by atoms with Crippen LogP contribution < -0.4 is 11.1 Å². The van der Waals surface area contributed by atoms with Gasteiger partial charge in [0.1, 0.15) is 21.6 Å². The number of thiazole rings is 2. The van der Waals surface area contributed by atoms with Crippen LogP contribution in [0.1, 0.15) is 71.6 Å². The first-order valence-electron chi connectivity index (χ1n) is 19.8. The van der Waals surface area contributed by atoms with E-state index in [4.69, 9.17) is 10.8 Å². The van der Waals surface area contributed by atoms with Gasteiger partial charge in [0.15, 0.2) is 0 Å². The number of amides is 1. The number of alkyl halides is 6. The Morgan fingerprint density at radius 2 is 1.04 bits per heavy atom. The van der Waals surface area contributed by atoms with Crippen LogP contribution >= 0.6 is 22.7 Å². The molecule has 0 fully saturated rings. The molecule has 0 spiro atoms. The highest BCUT2D eigenvalue weighted by molar-refractivity contribution is 7.13. The van der Waals surface area contributed by atoms with Crippen molar-refractivity contribution in [2.24, 2.45) is 5.73 Å². The van der Waals surface area contributed by atoms with Crippen LogP contribution in [0.4, 0.5) is 35.1 Å². The Kier molecular flexibility index (Phi) is 15.4. The van der Waals surface area contributed by atoms with E-state index < -0.39 is 41.4 Å². The third-order valence-electron chi connectivity index (χ3n) is 9.62. The lowest BCUT2D eigenvalue weighted by Gasteiger charge is -2.23. The van der Waals surface area contributed by atoms with Gasteiger partial charge in [-0.05, 0) is 60.7 Å². The molecule has 0 bridgehead atoms. The van der Waals surface area contributed by atoms with Crippen LogP contribution in [0.5, 0.6) is 0 Å². The number of carbonyl (C=O) groups is 2. The Balaban J connectivity index is 0.000000188. The number of carboxylic acids is 1. The Labute approximate surface area is 393 Å². The Morgan fingerprint density at radius 3 is 1.45 bits per heavy atom. The summed E-state index contributed by atoms with van der Waals surface area (Å²) in [6.45, 7) is 8.72. The van der Waals surface area contributed by atoms with E-state index in [1.165, 1.54) is 54.1 Å². The molecule has 0 aliphatic rings. The molecule has 360 valence electrons. The number of aromatic carboxylic acids is 1. The lowest BCUT2D eigenvalue weighted by Crippen LogP contribution is -2.37. The summed E-state index contributed by atoms with van der Waals surface area (Å²) >= 11 is 2.97. The lowest BCUT2D eigenvalue weighted by atomic mass is 9.90. The van der Waals surface area contributed by atoms with Gasteiger partial charge in [-0.25, -0.2) is 23.5 Å². The summed E-state index contributed by atoms with van der Waals surface area (Å²) < 4.78 is 109. The predicted octanol–water partition coefficient (Wildman–Crippen LogP) is 10.2. The fourth-order valence-electron chi connectivity index (χ4n) is 5.50. The number of nitrogens with one attached hydrogen (secondary N) is 1. The molecular formula is C44H36F8N10O5S2. The second-order valence-corrected chi connectivity index (χ2v) is 17.5. The van der Waals surface area contributed by atoms with Gasteiger partial charge >= 0.3 is 30.1 Å². The van der Waals surface area contributed by atoms with Crippen LogP contribution in [-0.4, -0.2) is 70.3 Å². The quantitative estimate of drug-likeness (QED) is 0.103. The molecule has 6 heterocycles. The molecular weight excluding hydrogens is 965 g/mol. The zero-order valence-corrected chi connectivity index (χ0v) is 37.9. The first-order chi connectivity index (χ1) is 32.4. The summed E-state index contributed by atoms with van der Waals surface area (Å²) in [6.07, 6.45) is -4.81. The first-order valence-corrected chi connectivity index (χ1v) is 21.6. The highest BCUT2D eigenvalue weighted by atomic mass is 32.1. The number of pyridine rings is 2. The van der Waals surface area contributed by atoms with E-state index in [0.29, 0.717) is 6.54 Å². The average Bonchev–Trinajstić information content (AvgIpc) is 4.17. The smallest absolute Gasteiger partial charge is 0.471 e. The van der Waals surface area contributed by atoms with E-state index in [1.807, 2.05) is 24.6 Å². The van der Waals surface area contributed by atoms with Crippen LogP contribution in [0.25, 0.3) is 43.9 Å². The van der Waals surface area contributed by atoms with Crippen molar-refractivity contribution in [1.29, 1.82) is 0 Å². The van der Waals surface area contributed by atoms with Crippen molar-refractivity contribution >= 4 is 34.6 Å². The number of hydrogen-bond donors (Lipinski definition) is 3. The van der Waals surface area contributed by atoms with Gasteiger partial charge in [0.2, 0.25) is 11.6 Å². The Bertz CT molecular complexity index is 3020. The molecule has 0 radical (unpaired) electrons. The van der Waals surface area contributed by atoms with Crippen LogP contribution in [0.2, 0.25) is 0 Å². The highest BCUT2D eigenvalue weighted by Gasteiger charge is 2.39. The average molecular weight is 1000 g/mol. The molecule has 0 saturated heterocycles. The zero-order chi connectivity index (χ0) is 50.3. The van der Waals surface area contributed by atoms with Crippen molar-refractivity contribution in [3.63, 3.8) is 0 Å². The molecule has 1 amide bonds. The molecule has 8 rings (SSSR count). The third kappa shape index (κ3) is 13.2. The minimum absolute atomic E-state index is 0.0224. The molecule has 25 heteroatoms. The van der Waals surface area contributed by atoms with Gasteiger partial charge in [0.25, 0.3) is 5.91 Å². The monoisotopic (exact) mass is 1000 g/mol. The third-order valence-corrected chi connectivity index (χ3v) is 11.4. The topological polar surface area (TPSA) is 222 Å². The molecule has 69 heavy (non-hydrogen) atoms. The molecule has 0 aliphatic carbocycles. The molecule has 0 saturated carbocycles. The van der Waals surface area contributed by atoms with E-state index in [1.54, 1.807) is 35.6 Å². The maximum absolute atomic E-state index is 13.2. The minimum atomic E-state index is -4.77. The van der Waals surface area contributed by atoms with Gasteiger partial charge in [0, 0.05) is 81.7 Å². The van der Waals surface area contributed by atoms with Crippen LogP contribution in [-0.2, 0) is 23.2 Å². The summed E-state index contributed by atoms with van der Waals surface area (Å²) in [5.41, 5.74) is 8.59. The number of nitrogens with two attached hydrogens (primary N) is 1. The summed E-state index contributed by atoms with van der Waals surface area (Å²) in [4.78, 5) is 46.4. The standard InChI is InChI=1S/C22H17F4N5O2S.C13H15FN2S.C9H4F3N3O3/c1-21(2,16-10-34-19(29-16)12-3-5-15(23)6-4-12)11-28-18(32)14-7-13(8-27-9-14)17-30-20(33-31-17)22(24,25)26;1-13(2,8-15)11-7-17-12(16-11)9-3-5-10(14)6-4-9;10-9(11,12)8-14-6(15-18-8)4-1-5(7(16)17)3-13-2-4/h3-10H,11H2,1-2H3,(H,28,32);3-7H,8,15H2,1-2H3;1-3H,(H,16,17). The fraction of sp³-hybridized carbons (Fsp3) is 0.227.